The zero-order valence-corrected chi connectivity index (χ0v) is 10.9. The van der Waals surface area contributed by atoms with Gasteiger partial charge in [-0.2, -0.15) is 0 Å². The standard InChI is InChI=1S/C11H13N3OS2/c12-17-11-13-10-8(2-1-3-9(10)16-11)14-4-6-15-7-5-14/h1-3H,4-7,12H2. The molecule has 0 saturated carbocycles. The number of para-hydroxylation sites is 1. The number of benzene rings is 1. The van der Waals surface area contributed by atoms with Crippen LogP contribution in [0.5, 0.6) is 0 Å². The van der Waals surface area contributed by atoms with Crippen LogP contribution >= 0.6 is 23.3 Å². The maximum absolute atomic E-state index is 5.57. The van der Waals surface area contributed by atoms with Crippen LogP contribution < -0.4 is 10.0 Å². The predicted octanol–water partition coefficient (Wildman–Crippen LogP) is 2.10. The van der Waals surface area contributed by atoms with Crippen LogP contribution in [0.15, 0.2) is 22.5 Å². The highest BCUT2D eigenvalue weighted by Gasteiger charge is 2.16. The second-order valence-electron chi connectivity index (χ2n) is 3.82. The van der Waals surface area contributed by atoms with E-state index in [0.29, 0.717) is 0 Å². The highest BCUT2D eigenvalue weighted by Crippen LogP contribution is 2.33. The zero-order valence-electron chi connectivity index (χ0n) is 9.26. The highest BCUT2D eigenvalue weighted by molar-refractivity contribution is 7.99. The fourth-order valence-electron chi connectivity index (χ4n) is 2.02. The van der Waals surface area contributed by atoms with Crippen LogP contribution in [-0.4, -0.2) is 31.3 Å². The molecule has 0 radical (unpaired) electrons. The summed E-state index contributed by atoms with van der Waals surface area (Å²) in [7, 11) is 0. The van der Waals surface area contributed by atoms with E-state index in [1.807, 2.05) is 0 Å². The molecular weight excluding hydrogens is 254 g/mol. The molecule has 17 heavy (non-hydrogen) atoms. The first-order valence-electron chi connectivity index (χ1n) is 5.47. The number of hydrogen-bond donors (Lipinski definition) is 1. The first-order valence-corrected chi connectivity index (χ1v) is 7.17. The summed E-state index contributed by atoms with van der Waals surface area (Å²) in [6, 6.07) is 6.30. The molecule has 1 saturated heterocycles. The monoisotopic (exact) mass is 267 g/mol. The lowest BCUT2D eigenvalue weighted by Crippen LogP contribution is -2.36. The lowest BCUT2D eigenvalue weighted by atomic mass is 10.2. The van der Waals surface area contributed by atoms with E-state index in [2.05, 4.69) is 28.1 Å². The van der Waals surface area contributed by atoms with Gasteiger partial charge in [0.2, 0.25) is 0 Å². The summed E-state index contributed by atoms with van der Waals surface area (Å²) in [6.07, 6.45) is 0. The van der Waals surface area contributed by atoms with Gasteiger partial charge in [-0.3, -0.25) is 5.14 Å². The molecule has 2 heterocycles. The smallest absolute Gasteiger partial charge is 0.165 e. The van der Waals surface area contributed by atoms with E-state index in [0.717, 1.165) is 36.2 Å². The van der Waals surface area contributed by atoms with Crippen molar-refractivity contribution in [2.75, 3.05) is 31.2 Å². The van der Waals surface area contributed by atoms with E-state index in [1.165, 1.54) is 22.3 Å². The van der Waals surface area contributed by atoms with Crippen LogP contribution in [0.25, 0.3) is 10.2 Å². The van der Waals surface area contributed by atoms with E-state index in [1.54, 1.807) is 11.3 Å². The molecule has 0 aliphatic carbocycles. The van der Waals surface area contributed by atoms with Gasteiger partial charge in [-0.05, 0) is 24.1 Å². The second kappa shape index (κ2) is 4.81. The number of nitrogens with two attached hydrogens (primary N) is 1. The molecule has 0 amide bonds. The van der Waals surface area contributed by atoms with Crippen molar-refractivity contribution >= 4 is 39.2 Å². The summed E-state index contributed by atoms with van der Waals surface area (Å²) in [6.45, 7) is 3.45. The third-order valence-corrected chi connectivity index (χ3v) is 4.48. The lowest BCUT2D eigenvalue weighted by Gasteiger charge is -2.28. The van der Waals surface area contributed by atoms with Crippen molar-refractivity contribution in [2.24, 2.45) is 5.14 Å². The maximum atomic E-state index is 5.57. The van der Waals surface area contributed by atoms with E-state index in [4.69, 9.17) is 9.88 Å². The van der Waals surface area contributed by atoms with Crippen LogP contribution in [0.2, 0.25) is 0 Å². The summed E-state index contributed by atoms with van der Waals surface area (Å²) >= 11 is 2.86. The minimum Gasteiger partial charge on any atom is -0.378 e. The van der Waals surface area contributed by atoms with Gasteiger partial charge in [0.1, 0.15) is 5.52 Å². The van der Waals surface area contributed by atoms with Gasteiger partial charge >= 0.3 is 0 Å². The van der Waals surface area contributed by atoms with Crippen LogP contribution in [-0.2, 0) is 4.74 Å². The number of aromatic nitrogens is 1. The fourth-order valence-corrected chi connectivity index (χ4v) is 3.35. The van der Waals surface area contributed by atoms with Crippen molar-refractivity contribution in [3.63, 3.8) is 0 Å². The van der Waals surface area contributed by atoms with E-state index >= 15 is 0 Å². The van der Waals surface area contributed by atoms with Gasteiger partial charge in [-0.25, -0.2) is 4.98 Å². The Hall–Kier alpha value is -0.820. The molecule has 0 unspecified atom stereocenters. The SMILES string of the molecule is NSc1nc2c(N3CCOCC3)cccc2s1. The molecule has 1 aromatic heterocycles. The Kier molecular flexibility index (Phi) is 3.19. The molecule has 0 atom stereocenters. The molecule has 1 aliphatic heterocycles. The van der Waals surface area contributed by atoms with Gasteiger partial charge in [-0.1, -0.05) is 6.07 Å². The Morgan fingerprint density at radius 2 is 2.18 bits per heavy atom. The van der Waals surface area contributed by atoms with Crippen molar-refractivity contribution in [2.45, 2.75) is 4.34 Å². The molecule has 0 spiro atoms. The predicted molar refractivity (Wildman–Crippen MR) is 72.7 cm³/mol. The maximum Gasteiger partial charge on any atom is 0.165 e. The molecule has 2 N–H and O–H groups in total. The first kappa shape index (κ1) is 11.3. The number of fused-ring (bicyclic) bond motifs is 1. The quantitative estimate of drug-likeness (QED) is 0.844. The van der Waals surface area contributed by atoms with Gasteiger partial charge in [0.15, 0.2) is 4.34 Å². The van der Waals surface area contributed by atoms with Crippen LogP contribution in [0, 0.1) is 0 Å². The second-order valence-corrected chi connectivity index (χ2v) is 5.73. The molecule has 2 aromatic rings. The summed E-state index contributed by atoms with van der Waals surface area (Å²) in [5, 5.41) is 5.57. The highest BCUT2D eigenvalue weighted by atomic mass is 32.2. The Balaban J connectivity index is 2.05. The Morgan fingerprint density at radius 1 is 1.35 bits per heavy atom. The molecule has 1 aliphatic rings. The van der Waals surface area contributed by atoms with Crippen LogP contribution in [0.1, 0.15) is 0 Å². The van der Waals surface area contributed by atoms with Crippen LogP contribution in [0.4, 0.5) is 5.69 Å². The topological polar surface area (TPSA) is 51.4 Å². The molecular formula is C11H13N3OS2. The van der Waals surface area contributed by atoms with Crippen molar-refractivity contribution in [3.8, 4) is 0 Å². The Labute approximate surface area is 108 Å². The third kappa shape index (κ3) is 2.13. The van der Waals surface area contributed by atoms with Gasteiger partial charge in [0.05, 0.1) is 23.6 Å². The molecule has 0 bridgehead atoms. The normalized spacial score (nSPS) is 16.6. The van der Waals surface area contributed by atoms with Crippen molar-refractivity contribution in [1.82, 2.24) is 4.98 Å². The molecule has 6 heteroatoms. The molecule has 3 rings (SSSR count). The number of rotatable bonds is 2. The number of ether oxygens (including phenoxy) is 1. The molecule has 90 valence electrons. The Morgan fingerprint density at radius 3 is 2.94 bits per heavy atom. The summed E-state index contributed by atoms with van der Waals surface area (Å²) in [5.74, 6) is 0. The van der Waals surface area contributed by atoms with E-state index < -0.39 is 0 Å². The van der Waals surface area contributed by atoms with Gasteiger partial charge < -0.3 is 9.64 Å². The van der Waals surface area contributed by atoms with Crippen LogP contribution in [0.3, 0.4) is 0 Å². The van der Waals surface area contributed by atoms with Crippen molar-refractivity contribution in [1.29, 1.82) is 0 Å². The summed E-state index contributed by atoms with van der Waals surface area (Å²) in [5.41, 5.74) is 2.26. The third-order valence-electron chi connectivity index (χ3n) is 2.83. The number of hydrogen-bond acceptors (Lipinski definition) is 6. The number of morpholine rings is 1. The van der Waals surface area contributed by atoms with Crippen molar-refractivity contribution < 1.29 is 4.74 Å². The Bertz CT molecular complexity index is 522. The van der Waals surface area contributed by atoms with E-state index in [-0.39, 0.29) is 0 Å². The minimum absolute atomic E-state index is 0.791. The average Bonchev–Trinajstić information content (AvgIpc) is 2.82. The number of nitrogens with zero attached hydrogens (tertiary/aromatic N) is 2. The lowest BCUT2D eigenvalue weighted by molar-refractivity contribution is 0.123. The molecule has 1 fully saturated rings. The average molecular weight is 267 g/mol. The summed E-state index contributed by atoms with van der Waals surface area (Å²) < 4.78 is 7.49. The van der Waals surface area contributed by atoms with E-state index in [9.17, 15) is 0 Å². The van der Waals surface area contributed by atoms with Gasteiger partial charge in [0.25, 0.3) is 0 Å². The molecule has 1 aromatic carbocycles. The van der Waals surface area contributed by atoms with Crippen molar-refractivity contribution in [3.05, 3.63) is 18.2 Å². The molecule has 4 nitrogen and oxygen atoms in total. The largest absolute Gasteiger partial charge is 0.378 e. The van der Waals surface area contributed by atoms with Gasteiger partial charge in [-0.15, -0.1) is 11.3 Å². The number of thiazole rings is 1. The fraction of sp³-hybridized carbons (Fsp3) is 0.364. The van der Waals surface area contributed by atoms with Gasteiger partial charge in [0, 0.05) is 13.1 Å². The number of anilines is 1. The first-order chi connectivity index (χ1) is 8.38. The summed E-state index contributed by atoms with van der Waals surface area (Å²) in [4.78, 5) is 6.91. The minimum atomic E-state index is 0.791. The zero-order chi connectivity index (χ0) is 11.7.